The van der Waals surface area contributed by atoms with Crippen molar-refractivity contribution in [3.63, 3.8) is 0 Å². The van der Waals surface area contributed by atoms with Crippen LogP contribution in [-0.2, 0) is 11.3 Å². The van der Waals surface area contributed by atoms with Gasteiger partial charge in [0.05, 0.1) is 24.9 Å². The standard InChI is InChI=1S/C11H17ClN2OS/c1-8-9(2)16-11(13-8)7-14-3-4-15-10(5-12)6-14/h10H,3-7H2,1-2H3. The first kappa shape index (κ1) is 12.3. The van der Waals surface area contributed by atoms with E-state index >= 15 is 0 Å². The van der Waals surface area contributed by atoms with E-state index in [-0.39, 0.29) is 6.10 Å². The highest BCUT2D eigenvalue weighted by molar-refractivity contribution is 7.11. The monoisotopic (exact) mass is 260 g/mol. The summed E-state index contributed by atoms with van der Waals surface area (Å²) in [4.78, 5) is 8.24. The smallest absolute Gasteiger partial charge is 0.107 e. The van der Waals surface area contributed by atoms with Crippen molar-refractivity contribution in [2.24, 2.45) is 0 Å². The van der Waals surface area contributed by atoms with E-state index in [4.69, 9.17) is 16.3 Å². The van der Waals surface area contributed by atoms with Crippen LogP contribution in [0.3, 0.4) is 0 Å². The van der Waals surface area contributed by atoms with Crippen LogP contribution in [0.1, 0.15) is 15.6 Å². The third-order valence-corrected chi connectivity index (χ3v) is 4.23. The van der Waals surface area contributed by atoms with Crippen molar-refractivity contribution in [3.05, 3.63) is 15.6 Å². The Balaban J connectivity index is 1.93. The van der Waals surface area contributed by atoms with Gasteiger partial charge in [-0.2, -0.15) is 0 Å². The fourth-order valence-corrected chi connectivity index (χ4v) is 2.98. The molecule has 1 unspecified atom stereocenters. The Morgan fingerprint density at radius 1 is 1.56 bits per heavy atom. The first-order chi connectivity index (χ1) is 7.69. The predicted octanol–water partition coefficient (Wildman–Crippen LogP) is 2.20. The fraction of sp³-hybridized carbons (Fsp3) is 0.727. The summed E-state index contributed by atoms with van der Waals surface area (Å²) in [6.45, 7) is 7.79. The summed E-state index contributed by atoms with van der Waals surface area (Å²) >= 11 is 7.60. The lowest BCUT2D eigenvalue weighted by molar-refractivity contribution is -0.0194. The van der Waals surface area contributed by atoms with E-state index in [1.54, 1.807) is 11.3 Å². The van der Waals surface area contributed by atoms with E-state index in [0.29, 0.717) is 5.88 Å². The van der Waals surface area contributed by atoms with Crippen molar-refractivity contribution < 1.29 is 4.74 Å². The molecule has 1 aromatic rings. The average Bonchev–Trinajstić information content (AvgIpc) is 2.58. The molecular weight excluding hydrogens is 244 g/mol. The Bertz CT molecular complexity index is 336. The van der Waals surface area contributed by atoms with E-state index in [9.17, 15) is 0 Å². The maximum atomic E-state index is 5.81. The van der Waals surface area contributed by atoms with Crippen LogP contribution < -0.4 is 0 Å². The second-order valence-electron chi connectivity index (χ2n) is 4.13. The molecule has 0 N–H and O–H groups in total. The zero-order valence-corrected chi connectivity index (χ0v) is 11.3. The average molecular weight is 261 g/mol. The first-order valence-corrected chi connectivity index (χ1v) is 6.87. The summed E-state index contributed by atoms with van der Waals surface area (Å²) in [5, 5.41) is 1.20. The topological polar surface area (TPSA) is 25.4 Å². The number of ether oxygens (including phenoxy) is 1. The van der Waals surface area contributed by atoms with Crippen molar-refractivity contribution in [2.75, 3.05) is 25.6 Å². The number of morpholine rings is 1. The molecule has 1 aliphatic rings. The summed E-state index contributed by atoms with van der Waals surface area (Å²) in [6.07, 6.45) is 0.178. The van der Waals surface area contributed by atoms with Crippen LogP contribution in [0.4, 0.5) is 0 Å². The molecule has 0 spiro atoms. The normalized spacial score (nSPS) is 22.6. The lowest BCUT2D eigenvalue weighted by Gasteiger charge is -2.31. The number of aromatic nitrogens is 1. The van der Waals surface area contributed by atoms with E-state index in [1.165, 1.54) is 9.88 Å². The molecule has 0 saturated carbocycles. The van der Waals surface area contributed by atoms with Gasteiger partial charge < -0.3 is 4.74 Å². The van der Waals surface area contributed by atoms with Crippen LogP contribution in [0.25, 0.3) is 0 Å². The Hall–Kier alpha value is -0.160. The molecule has 1 fully saturated rings. The third kappa shape index (κ3) is 2.94. The second-order valence-corrected chi connectivity index (χ2v) is 5.73. The zero-order valence-electron chi connectivity index (χ0n) is 9.70. The molecule has 1 saturated heterocycles. The number of hydrogen-bond acceptors (Lipinski definition) is 4. The van der Waals surface area contributed by atoms with Gasteiger partial charge in [0.2, 0.25) is 0 Å². The van der Waals surface area contributed by atoms with Crippen LogP contribution in [-0.4, -0.2) is 41.6 Å². The molecule has 0 bridgehead atoms. The van der Waals surface area contributed by atoms with Crippen LogP contribution >= 0.6 is 22.9 Å². The quantitative estimate of drug-likeness (QED) is 0.779. The van der Waals surface area contributed by atoms with E-state index in [1.807, 2.05) is 0 Å². The molecule has 0 aromatic carbocycles. The van der Waals surface area contributed by atoms with Gasteiger partial charge in [0.25, 0.3) is 0 Å². The SMILES string of the molecule is Cc1nc(CN2CCOC(CCl)C2)sc1C. The molecule has 1 aliphatic heterocycles. The molecule has 16 heavy (non-hydrogen) atoms. The maximum Gasteiger partial charge on any atom is 0.107 e. The van der Waals surface area contributed by atoms with Crippen molar-refractivity contribution >= 4 is 22.9 Å². The third-order valence-electron chi connectivity index (χ3n) is 2.83. The second kappa shape index (κ2) is 5.45. The molecule has 2 heterocycles. The number of hydrogen-bond donors (Lipinski definition) is 0. The van der Waals surface area contributed by atoms with Crippen LogP contribution in [0.2, 0.25) is 0 Å². The van der Waals surface area contributed by atoms with Crippen molar-refractivity contribution in [1.29, 1.82) is 0 Å². The van der Waals surface area contributed by atoms with Gasteiger partial charge in [-0.1, -0.05) is 0 Å². The Morgan fingerprint density at radius 3 is 3.00 bits per heavy atom. The fourth-order valence-electron chi connectivity index (χ4n) is 1.82. The molecule has 0 aliphatic carbocycles. The van der Waals surface area contributed by atoms with Crippen molar-refractivity contribution in [2.45, 2.75) is 26.5 Å². The van der Waals surface area contributed by atoms with Crippen LogP contribution in [0, 0.1) is 13.8 Å². The molecule has 5 heteroatoms. The Morgan fingerprint density at radius 2 is 2.38 bits per heavy atom. The highest BCUT2D eigenvalue weighted by Gasteiger charge is 2.20. The zero-order chi connectivity index (χ0) is 11.5. The molecule has 0 radical (unpaired) electrons. The summed E-state index contributed by atoms with van der Waals surface area (Å²) in [7, 11) is 0. The molecule has 3 nitrogen and oxygen atoms in total. The van der Waals surface area contributed by atoms with Gasteiger partial charge in [0.1, 0.15) is 5.01 Å². The van der Waals surface area contributed by atoms with Crippen molar-refractivity contribution in [1.82, 2.24) is 9.88 Å². The van der Waals surface area contributed by atoms with E-state index in [0.717, 1.165) is 31.9 Å². The number of aryl methyl sites for hydroxylation is 2. The molecule has 1 aromatic heterocycles. The highest BCUT2D eigenvalue weighted by atomic mass is 35.5. The summed E-state index contributed by atoms with van der Waals surface area (Å²) in [6, 6.07) is 0. The van der Waals surface area contributed by atoms with E-state index < -0.39 is 0 Å². The summed E-state index contributed by atoms with van der Waals surface area (Å²) in [5.41, 5.74) is 1.15. The molecule has 90 valence electrons. The van der Waals surface area contributed by atoms with Gasteiger partial charge in [-0.05, 0) is 13.8 Å². The highest BCUT2D eigenvalue weighted by Crippen LogP contribution is 2.19. The Labute approximate surface area is 105 Å². The number of thiazole rings is 1. The van der Waals surface area contributed by atoms with E-state index in [2.05, 4.69) is 23.7 Å². The van der Waals surface area contributed by atoms with Crippen molar-refractivity contribution in [3.8, 4) is 0 Å². The molecule has 0 amide bonds. The lowest BCUT2D eigenvalue weighted by atomic mass is 10.3. The van der Waals surface area contributed by atoms with Crippen LogP contribution in [0.15, 0.2) is 0 Å². The first-order valence-electron chi connectivity index (χ1n) is 5.52. The minimum atomic E-state index is 0.178. The molecular formula is C11H17ClN2OS. The number of halogens is 1. The molecule has 2 rings (SSSR count). The predicted molar refractivity (Wildman–Crippen MR) is 67.3 cm³/mol. The number of rotatable bonds is 3. The lowest BCUT2D eigenvalue weighted by Crippen LogP contribution is -2.42. The number of alkyl halides is 1. The Kier molecular flexibility index (Phi) is 4.19. The van der Waals surface area contributed by atoms with Crippen LogP contribution in [0.5, 0.6) is 0 Å². The minimum absolute atomic E-state index is 0.178. The minimum Gasteiger partial charge on any atom is -0.374 e. The van der Waals surface area contributed by atoms with Gasteiger partial charge >= 0.3 is 0 Å². The summed E-state index contributed by atoms with van der Waals surface area (Å²) in [5.74, 6) is 0.576. The van der Waals surface area contributed by atoms with Gasteiger partial charge in [-0.25, -0.2) is 4.98 Å². The van der Waals surface area contributed by atoms with Gasteiger partial charge in [0, 0.05) is 23.8 Å². The van der Waals surface area contributed by atoms with Gasteiger partial charge in [-0.3, -0.25) is 4.90 Å². The largest absolute Gasteiger partial charge is 0.374 e. The summed E-state index contributed by atoms with van der Waals surface area (Å²) < 4.78 is 5.53. The van der Waals surface area contributed by atoms with Gasteiger partial charge in [-0.15, -0.1) is 22.9 Å². The van der Waals surface area contributed by atoms with Gasteiger partial charge in [0.15, 0.2) is 0 Å². The molecule has 1 atom stereocenters. The number of nitrogens with zero attached hydrogens (tertiary/aromatic N) is 2. The maximum absolute atomic E-state index is 5.81.